The van der Waals surface area contributed by atoms with Gasteiger partial charge in [-0.25, -0.2) is 4.79 Å². The highest BCUT2D eigenvalue weighted by Gasteiger charge is 2.61. The van der Waals surface area contributed by atoms with Gasteiger partial charge in [0.1, 0.15) is 0 Å². The average molecular weight is 521 g/mol. The van der Waals surface area contributed by atoms with E-state index in [1.54, 1.807) is 0 Å². The molecule has 4 heteroatoms. The number of hydrogen-bond donors (Lipinski definition) is 1. The first-order chi connectivity index (χ1) is 17.2. The molecule has 1 N–H and O–H groups in total. The number of carbonyl (C=O) groups is 1. The molecule has 4 nitrogen and oxygen atoms in total. The number of carboxylic acid groups (broad SMARTS) is 1. The molecular formula is C34H52N2O2. The minimum Gasteiger partial charge on any atom is -0.465 e. The van der Waals surface area contributed by atoms with Crippen LogP contribution in [0.15, 0.2) is 48.5 Å². The van der Waals surface area contributed by atoms with E-state index in [1.807, 2.05) is 25.7 Å². The molecule has 1 unspecified atom stereocenters. The molecule has 0 spiro atoms. The van der Waals surface area contributed by atoms with Crippen LogP contribution in [-0.2, 0) is 22.9 Å². The molecule has 210 valence electrons. The maximum absolute atomic E-state index is 13.4. The molecule has 0 radical (unpaired) electrons. The Balaban J connectivity index is 2.35. The second kappa shape index (κ2) is 10.0. The second-order valence-corrected chi connectivity index (χ2v) is 15.4. The maximum atomic E-state index is 13.4. The van der Waals surface area contributed by atoms with Crippen LogP contribution in [0.4, 0.5) is 4.79 Å². The molecule has 1 fully saturated rings. The Morgan fingerprint density at radius 2 is 1.32 bits per heavy atom. The van der Waals surface area contributed by atoms with Gasteiger partial charge in [0.2, 0.25) is 0 Å². The molecule has 38 heavy (non-hydrogen) atoms. The molecule has 1 atom stereocenters. The third-order valence-corrected chi connectivity index (χ3v) is 8.19. The first-order valence-corrected chi connectivity index (χ1v) is 14.2. The van der Waals surface area contributed by atoms with Crippen molar-refractivity contribution >= 4 is 6.09 Å². The largest absolute Gasteiger partial charge is 0.465 e. The molecule has 1 saturated heterocycles. The topological polar surface area (TPSA) is 43.8 Å². The third kappa shape index (κ3) is 5.52. The van der Waals surface area contributed by atoms with Crippen molar-refractivity contribution in [2.45, 2.75) is 112 Å². The number of hydrogen-bond acceptors (Lipinski definition) is 2. The molecule has 1 aliphatic rings. The van der Waals surface area contributed by atoms with Gasteiger partial charge in [0.05, 0.1) is 5.54 Å². The van der Waals surface area contributed by atoms with Crippen LogP contribution in [0.3, 0.4) is 0 Å². The van der Waals surface area contributed by atoms with Crippen molar-refractivity contribution in [1.29, 1.82) is 0 Å². The van der Waals surface area contributed by atoms with Crippen LogP contribution in [0.2, 0.25) is 0 Å². The lowest BCUT2D eigenvalue weighted by Crippen LogP contribution is -2.72. The van der Waals surface area contributed by atoms with E-state index in [0.29, 0.717) is 0 Å². The van der Waals surface area contributed by atoms with Crippen LogP contribution >= 0.6 is 0 Å². The molecule has 0 aliphatic carbocycles. The first kappa shape index (κ1) is 30.2. The predicted octanol–water partition coefficient (Wildman–Crippen LogP) is 8.43. The summed E-state index contributed by atoms with van der Waals surface area (Å²) in [5.74, 6) is 0.151. The summed E-state index contributed by atoms with van der Waals surface area (Å²) in [6, 6.07) is 17.2. The van der Waals surface area contributed by atoms with E-state index in [-0.39, 0.29) is 22.2 Å². The van der Waals surface area contributed by atoms with E-state index in [4.69, 9.17) is 0 Å². The molecule has 1 amide bonds. The molecule has 1 aliphatic heterocycles. The SMILES string of the molecule is CC(C)(C)c1cccc(C(C2CN(Cc3ccccc3)C2)(N(C(=O)O)C(C)(C)C)C(C)(C)C)c1C(C)(C)C. The summed E-state index contributed by atoms with van der Waals surface area (Å²) in [6.07, 6.45) is -0.852. The van der Waals surface area contributed by atoms with Gasteiger partial charge in [0.15, 0.2) is 0 Å². The van der Waals surface area contributed by atoms with Crippen molar-refractivity contribution in [2.75, 3.05) is 13.1 Å². The Bertz CT molecular complexity index is 1120. The summed E-state index contributed by atoms with van der Waals surface area (Å²) in [5, 5.41) is 11.0. The van der Waals surface area contributed by atoms with E-state index in [1.165, 1.54) is 22.3 Å². The fourth-order valence-corrected chi connectivity index (χ4v) is 6.95. The summed E-state index contributed by atoms with van der Waals surface area (Å²) in [7, 11) is 0. The standard InChI is InChI=1S/C34H52N2O2/c1-30(2,3)26-19-16-20-27(28(26)31(4,5)6)34(32(7,8)9,36(29(37)38)33(10,11)12)25-22-35(23-25)21-24-17-14-13-15-18-24/h13-20,25H,21-23H2,1-12H3,(H,37,38). The molecule has 2 aromatic rings. The molecular weight excluding hydrogens is 468 g/mol. The van der Waals surface area contributed by atoms with Gasteiger partial charge < -0.3 is 5.11 Å². The van der Waals surface area contributed by atoms with E-state index >= 15 is 0 Å². The van der Waals surface area contributed by atoms with E-state index in [9.17, 15) is 9.90 Å². The lowest BCUT2D eigenvalue weighted by atomic mass is 9.55. The fraction of sp³-hybridized carbons (Fsp3) is 0.618. The average Bonchev–Trinajstić information content (AvgIpc) is 2.71. The van der Waals surface area contributed by atoms with Crippen molar-refractivity contribution in [1.82, 2.24) is 9.80 Å². The van der Waals surface area contributed by atoms with Crippen molar-refractivity contribution in [3.63, 3.8) is 0 Å². The van der Waals surface area contributed by atoms with E-state index < -0.39 is 17.2 Å². The monoisotopic (exact) mass is 520 g/mol. The predicted molar refractivity (Wildman–Crippen MR) is 160 cm³/mol. The summed E-state index contributed by atoms with van der Waals surface area (Å²) < 4.78 is 0. The lowest BCUT2D eigenvalue weighted by Gasteiger charge is -2.64. The van der Waals surface area contributed by atoms with Crippen LogP contribution in [0.25, 0.3) is 0 Å². The molecule has 0 saturated carbocycles. The zero-order chi connectivity index (χ0) is 28.9. The number of likely N-dealkylation sites (tertiary alicyclic amines) is 1. The Kier molecular flexibility index (Phi) is 7.96. The van der Waals surface area contributed by atoms with Crippen molar-refractivity contribution in [3.05, 3.63) is 70.8 Å². The minimum absolute atomic E-state index is 0.0724. The van der Waals surface area contributed by atoms with Gasteiger partial charge in [0.25, 0.3) is 0 Å². The summed E-state index contributed by atoms with van der Waals surface area (Å²) in [5.41, 5.74) is 3.14. The number of amides is 1. The summed E-state index contributed by atoms with van der Waals surface area (Å²) in [6.45, 7) is 29.1. The normalized spacial score (nSPS) is 17.6. The Morgan fingerprint density at radius 1 is 0.789 bits per heavy atom. The van der Waals surface area contributed by atoms with Crippen LogP contribution in [0, 0.1) is 11.3 Å². The Labute approximate surface area is 232 Å². The van der Waals surface area contributed by atoms with Crippen LogP contribution in [0.1, 0.15) is 105 Å². The highest BCUT2D eigenvalue weighted by Crippen LogP contribution is 2.57. The summed E-state index contributed by atoms with van der Waals surface area (Å²) >= 11 is 0. The Morgan fingerprint density at radius 3 is 1.74 bits per heavy atom. The number of nitrogens with zero attached hydrogens (tertiary/aromatic N) is 2. The summed E-state index contributed by atoms with van der Waals surface area (Å²) in [4.78, 5) is 17.7. The third-order valence-electron chi connectivity index (χ3n) is 8.19. The quantitative estimate of drug-likeness (QED) is 0.430. The second-order valence-electron chi connectivity index (χ2n) is 15.4. The van der Waals surface area contributed by atoms with Gasteiger partial charge in [-0.2, -0.15) is 0 Å². The van der Waals surface area contributed by atoms with Gasteiger partial charge in [-0.1, -0.05) is 111 Å². The molecule has 0 aromatic heterocycles. The maximum Gasteiger partial charge on any atom is 0.408 e. The van der Waals surface area contributed by atoms with Crippen molar-refractivity contribution in [3.8, 4) is 0 Å². The fourth-order valence-electron chi connectivity index (χ4n) is 6.95. The van der Waals surface area contributed by atoms with Crippen LogP contribution in [-0.4, -0.2) is 39.6 Å². The highest BCUT2D eigenvalue weighted by atomic mass is 16.4. The van der Waals surface area contributed by atoms with Gasteiger partial charge in [-0.3, -0.25) is 9.80 Å². The van der Waals surface area contributed by atoms with Crippen molar-refractivity contribution < 1.29 is 9.90 Å². The number of benzene rings is 2. The first-order valence-electron chi connectivity index (χ1n) is 14.2. The van der Waals surface area contributed by atoms with Gasteiger partial charge >= 0.3 is 6.09 Å². The van der Waals surface area contributed by atoms with Crippen LogP contribution in [0.5, 0.6) is 0 Å². The van der Waals surface area contributed by atoms with E-state index in [2.05, 4.69) is 116 Å². The van der Waals surface area contributed by atoms with E-state index in [0.717, 1.165) is 19.6 Å². The van der Waals surface area contributed by atoms with Gasteiger partial charge in [0, 0.05) is 31.1 Å². The highest BCUT2D eigenvalue weighted by molar-refractivity contribution is 5.69. The zero-order valence-electron chi connectivity index (χ0n) is 26.1. The Hall–Kier alpha value is -2.33. The lowest BCUT2D eigenvalue weighted by molar-refractivity contribution is -0.132. The van der Waals surface area contributed by atoms with Crippen molar-refractivity contribution in [2.24, 2.45) is 11.3 Å². The molecule has 2 aromatic carbocycles. The van der Waals surface area contributed by atoms with Gasteiger partial charge in [-0.05, 0) is 59.3 Å². The molecule has 0 bridgehead atoms. The zero-order valence-corrected chi connectivity index (χ0v) is 26.1. The number of rotatable bonds is 5. The molecule has 1 heterocycles. The molecule has 3 rings (SSSR count). The van der Waals surface area contributed by atoms with Crippen LogP contribution < -0.4 is 0 Å². The smallest absolute Gasteiger partial charge is 0.408 e. The van der Waals surface area contributed by atoms with Gasteiger partial charge in [-0.15, -0.1) is 0 Å². The minimum atomic E-state index is -0.852.